The summed E-state index contributed by atoms with van der Waals surface area (Å²) in [6.07, 6.45) is 1.25. The normalized spacial score (nSPS) is 18.2. The van der Waals surface area contributed by atoms with Gasteiger partial charge in [0.1, 0.15) is 5.54 Å². The number of sulfonamides is 1. The van der Waals surface area contributed by atoms with E-state index in [1.54, 1.807) is 6.92 Å². The van der Waals surface area contributed by atoms with Crippen molar-refractivity contribution in [2.75, 3.05) is 0 Å². The molecule has 0 radical (unpaired) electrons. The van der Waals surface area contributed by atoms with Crippen molar-refractivity contribution in [3.05, 3.63) is 88.1 Å². The van der Waals surface area contributed by atoms with Crippen LogP contribution >= 0.6 is 0 Å². The summed E-state index contributed by atoms with van der Waals surface area (Å²) in [5.74, 6) is -1.21. The average Bonchev–Trinajstić information content (AvgIpc) is 3.03. The van der Waals surface area contributed by atoms with E-state index in [9.17, 15) is 18.3 Å². The number of rotatable bonds is 5. The van der Waals surface area contributed by atoms with Crippen LogP contribution < -0.4 is 4.72 Å². The maximum atomic E-state index is 13.6. The Bertz CT molecular complexity index is 1330. The van der Waals surface area contributed by atoms with E-state index in [0.29, 0.717) is 13.1 Å². The van der Waals surface area contributed by atoms with E-state index in [1.165, 1.54) is 23.9 Å². The molecular formula is C25H27N3O4S. The number of hydrogen-bond donors (Lipinski definition) is 2. The van der Waals surface area contributed by atoms with E-state index in [4.69, 9.17) is 0 Å². The van der Waals surface area contributed by atoms with Crippen molar-refractivity contribution in [2.45, 2.75) is 51.3 Å². The summed E-state index contributed by atoms with van der Waals surface area (Å²) < 4.78 is 28.0. The molecule has 2 heterocycles. The third-order valence-corrected chi connectivity index (χ3v) is 7.68. The summed E-state index contributed by atoms with van der Waals surface area (Å²) in [5, 5.41) is 9.39. The zero-order valence-electron chi connectivity index (χ0n) is 19.1. The molecule has 1 atom stereocenters. The Balaban J connectivity index is 1.74. The SMILES string of the molecule is Cc1cc(C)c(CN2Cc3ccccc3C2(C)C(=O)NS(=O)(=O)c2ncccc2O)c(C)c1. The first-order valence-electron chi connectivity index (χ1n) is 10.7. The lowest BCUT2D eigenvalue weighted by molar-refractivity contribution is -0.131. The van der Waals surface area contributed by atoms with E-state index in [2.05, 4.69) is 21.8 Å². The smallest absolute Gasteiger partial charge is 0.285 e. The van der Waals surface area contributed by atoms with Crippen LogP contribution in [0.15, 0.2) is 59.8 Å². The molecule has 8 heteroatoms. The van der Waals surface area contributed by atoms with Crippen molar-refractivity contribution in [2.24, 2.45) is 0 Å². The Kier molecular flexibility index (Phi) is 5.76. The summed E-state index contributed by atoms with van der Waals surface area (Å²) in [6.45, 7) is 8.85. The molecule has 1 amide bonds. The minimum atomic E-state index is -4.37. The molecule has 0 aliphatic carbocycles. The molecule has 1 aliphatic rings. The Morgan fingerprint density at radius 2 is 1.79 bits per heavy atom. The molecule has 1 unspecified atom stereocenters. The van der Waals surface area contributed by atoms with Gasteiger partial charge in [-0.15, -0.1) is 0 Å². The van der Waals surface area contributed by atoms with Crippen LogP contribution in [0.2, 0.25) is 0 Å². The predicted molar refractivity (Wildman–Crippen MR) is 125 cm³/mol. The molecule has 0 spiro atoms. The average molecular weight is 466 g/mol. The van der Waals surface area contributed by atoms with Gasteiger partial charge in [-0.3, -0.25) is 9.69 Å². The molecule has 0 bridgehead atoms. The number of fused-ring (bicyclic) bond motifs is 1. The van der Waals surface area contributed by atoms with Crippen molar-refractivity contribution in [3.63, 3.8) is 0 Å². The second-order valence-electron chi connectivity index (χ2n) is 8.72. The van der Waals surface area contributed by atoms with E-state index in [-0.39, 0.29) is 0 Å². The van der Waals surface area contributed by atoms with Crippen LogP contribution in [0.1, 0.15) is 40.3 Å². The summed E-state index contributed by atoms with van der Waals surface area (Å²) in [5.41, 5.74) is 5.01. The topological polar surface area (TPSA) is 99.6 Å². The number of aryl methyl sites for hydroxylation is 3. The van der Waals surface area contributed by atoms with Crippen LogP contribution in [0.3, 0.4) is 0 Å². The second kappa shape index (κ2) is 8.28. The summed E-state index contributed by atoms with van der Waals surface area (Å²) in [6, 6.07) is 14.4. The molecule has 7 nitrogen and oxygen atoms in total. The van der Waals surface area contributed by atoms with Crippen molar-refractivity contribution in [1.29, 1.82) is 0 Å². The van der Waals surface area contributed by atoms with Gasteiger partial charge in [0.15, 0.2) is 5.75 Å². The number of amides is 1. The molecule has 4 rings (SSSR count). The van der Waals surface area contributed by atoms with Crippen molar-refractivity contribution >= 4 is 15.9 Å². The van der Waals surface area contributed by atoms with Gasteiger partial charge in [0, 0.05) is 19.3 Å². The van der Waals surface area contributed by atoms with Gasteiger partial charge >= 0.3 is 0 Å². The van der Waals surface area contributed by atoms with Gasteiger partial charge < -0.3 is 5.11 Å². The third-order valence-electron chi connectivity index (χ3n) is 6.40. The summed E-state index contributed by atoms with van der Waals surface area (Å²) >= 11 is 0. The molecule has 0 saturated heterocycles. The highest BCUT2D eigenvalue weighted by atomic mass is 32.2. The van der Waals surface area contributed by atoms with Crippen molar-refractivity contribution in [3.8, 4) is 5.75 Å². The van der Waals surface area contributed by atoms with Gasteiger partial charge in [-0.25, -0.2) is 9.71 Å². The number of aromatic hydroxyl groups is 1. The fraction of sp³-hybridized carbons (Fsp3) is 0.280. The first-order chi connectivity index (χ1) is 15.5. The van der Waals surface area contributed by atoms with Crippen LogP contribution in [-0.4, -0.2) is 29.3 Å². The van der Waals surface area contributed by atoms with E-state index in [1.807, 2.05) is 49.9 Å². The van der Waals surface area contributed by atoms with Crippen molar-refractivity contribution < 1.29 is 18.3 Å². The number of carbonyl (C=O) groups is 1. The minimum Gasteiger partial charge on any atom is -0.505 e. The number of carbonyl (C=O) groups excluding carboxylic acids is 1. The Morgan fingerprint density at radius 3 is 2.45 bits per heavy atom. The second-order valence-corrected chi connectivity index (χ2v) is 10.3. The van der Waals surface area contributed by atoms with E-state index < -0.39 is 32.2 Å². The van der Waals surface area contributed by atoms with Gasteiger partial charge in [0.2, 0.25) is 5.03 Å². The number of benzene rings is 2. The fourth-order valence-corrected chi connectivity index (χ4v) is 5.74. The zero-order chi connectivity index (χ0) is 24.0. The Labute approximate surface area is 194 Å². The molecule has 1 aliphatic heterocycles. The molecule has 0 saturated carbocycles. The van der Waals surface area contributed by atoms with Crippen LogP contribution in [0.25, 0.3) is 0 Å². The molecule has 1 aromatic heterocycles. The molecular weight excluding hydrogens is 438 g/mol. The Hall–Kier alpha value is -3.23. The fourth-order valence-electron chi connectivity index (χ4n) is 4.66. The van der Waals surface area contributed by atoms with Crippen LogP contribution in [-0.2, 0) is 33.4 Å². The maximum absolute atomic E-state index is 13.6. The highest BCUT2D eigenvalue weighted by Gasteiger charge is 2.48. The zero-order valence-corrected chi connectivity index (χ0v) is 19.9. The first kappa shape index (κ1) is 22.9. The number of nitrogens with one attached hydrogen (secondary N) is 1. The molecule has 172 valence electrons. The molecule has 2 N–H and O–H groups in total. The Morgan fingerprint density at radius 1 is 1.12 bits per heavy atom. The van der Waals surface area contributed by atoms with E-state index in [0.717, 1.165) is 27.8 Å². The lowest BCUT2D eigenvalue weighted by Crippen LogP contribution is -2.52. The summed E-state index contributed by atoms with van der Waals surface area (Å²) in [4.78, 5) is 19.4. The number of hydrogen-bond acceptors (Lipinski definition) is 6. The molecule has 2 aromatic carbocycles. The third kappa shape index (κ3) is 4.00. The van der Waals surface area contributed by atoms with Gasteiger partial charge in [-0.2, -0.15) is 8.42 Å². The highest BCUT2D eigenvalue weighted by molar-refractivity contribution is 7.90. The van der Waals surface area contributed by atoms with Gasteiger partial charge in [0.05, 0.1) is 0 Å². The number of pyridine rings is 1. The minimum absolute atomic E-state index is 0.478. The van der Waals surface area contributed by atoms with Crippen LogP contribution in [0.5, 0.6) is 5.75 Å². The molecule has 0 fully saturated rings. The first-order valence-corrected chi connectivity index (χ1v) is 12.1. The molecule has 3 aromatic rings. The standard InChI is InChI=1S/C25H27N3O4S/c1-16-12-17(2)20(18(3)13-16)15-28-14-19-8-5-6-9-21(19)25(28,4)24(30)27-33(31,32)23-22(29)10-7-11-26-23/h5-13,29H,14-15H2,1-4H3,(H,27,30). The monoisotopic (exact) mass is 465 g/mol. The predicted octanol–water partition coefficient (Wildman–Crippen LogP) is 3.45. The largest absolute Gasteiger partial charge is 0.505 e. The number of aromatic nitrogens is 1. The van der Waals surface area contributed by atoms with Crippen LogP contribution in [0, 0.1) is 20.8 Å². The molecule has 33 heavy (non-hydrogen) atoms. The van der Waals surface area contributed by atoms with Crippen molar-refractivity contribution in [1.82, 2.24) is 14.6 Å². The van der Waals surface area contributed by atoms with Gasteiger partial charge in [-0.05, 0) is 67.6 Å². The maximum Gasteiger partial charge on any atom is 0.285 e. The number of nitrogens with zero attached hydrogens (tertiary/aromatic N) is 2. The summed E-state index contributed by atoms with van der Waals surface area (Å²) in [7, 11) is -4.37. The van der Waals surface area contributed by atoms with Crippen LogP contribution in [0.4, 0.5) is 0 Å². The van der Waals surface area contributed by atoms with Gasteiger partial charge in [0.25, 0.3) is 15.9 Å². The highest BCUT2D eigenvalue weighted by Crippen LogP contribution is 2.41. The lowest BCUT2D eigenvalue weighted by Gasteiger charge is -2.35. The van der Waals surface area contributed by atoms with E-state index >= 15 is 0 Å². The quantitative estimate of drug-likeness (QED) is 0.599. The lowest BCUT2D eigenvalue weighted by atomic mass is 9.90. The van der Waals surface area contributed by atoms with Gasteiger partial charge in [-0.1, -0.05) is 42.0 Å².